The van der Waals surface area contributed by atoms with Crippen molar-refractivity contribution in [2.45, 2.75) is 63.6 Å². The van der Waals surface area contributed by atoms with Gasteiger partial charge < -0.3 is 4.74 Å². The zero-order chi connectivity index (χ0) is 28.4. The first-order chi connectivity index (χ1) is 17.4. The Morgan fingerprint density at radius 1 is 1.22 bits per heavy atom. The van der Waals surface area contributed by atoms with Crippen molar-refractivity contribution in [2.24, 2.45) is 0 Å². The van der Waals surface area contributed by atoms with Crippen molar-refractivity contribution in [3.63, 3.8) is 0 Å². The van der Waals surface area contributed by atoms with Crippen molar-refractivity contribution in [3.05, 3.63) is 41.2 Å². The summed E-state index contributed by atoms with van der Waals surface area (Å²) in [6, 6.07) is 2.01. The van der Waals surface area contributed by atoms with E-state index in [1.807, 2.05) is 12.1 Å². The van der Waals surface area contributed by atoms with Gasteiger partial charge in [0.15, 0.2) is 11.6 Å². The SMILES string of the molecule is [2H]C1([2H])C([2H])([2H])C([2H])([2H])C([2H])(n2nnnc2CCCCOc2ccc3c(c2)C=CC(=O)C3)C([2H])([2H])C1([2H])[2H]. The second-order valence-electron chi connectivity index (χ2n) is 6.12. The summed E-state index contributed by atoms with van der Waals surface area (Å²) in [5.41, 5.74) is 1.80. The van der Waals surface area contributed by atoms with Gasteiger partial charge in [-0.15, -0.1) is 5.10 Å². The molecule has 2 aliphatic rings. The summed E-state index contributed by atoms with van der Waals surface area (Å²) in [6.45, 7) is 0.266. The van der Waals surface area contributed by atoms with Crippen molar-refractivity contribution in [1.29, 1.82) is 0 Å². The number of hydrogen-bond donors (Lipinski definition) is 0. The van der Waals surface area contributed by atoms with E-state index in [4.69, 9.17) is 19.8 Å². The molecule has 0 atom stereocenters. The largest absolute Gasteiger partial charge is 0.494 e. The van der Waals surface area contributed by atoms with Crippen LogP contribution in [-0.2, 0) is 17.6 Å². The third-order valence-corrected chi connectivity index (χ3v) is 4.23. The van der Waals surface area contributed by atoms with Crippen molar-refractivity contribution in [1.82, 2.24) is 20.2 Å². The van der Waals surface area contributed by atoms with Crippen molar-refractivity contribution in [2.75, 3.05) is 6.61 Å². The maximum absolute atomic E-state index is 11.5. The van der Waals surface area contributed by atoms with Gasteiger partial charge >= 0.3 is 0 Å². The molecule has 0 saturated heterocycles. The van der Waals surface area contributed by atoms with E-state index >= 15 is 0 Å². The number of benzene rings is 1. The summed E-state index contributed by atoms with van der Waals surface area (Å²) in [7, 11) is 0. The molecule has 0 radical (unpaired) electrons. The van der Waals surface area contributed by atoms with Gasteiger partial charge in [-0.2, -0.15) is 0 Å². The lowest BCUT2D eigenvalue weighted by molar-refractivity contribution is -0.114. The third kappa shape index (κ3) is 4.43. The number of tetrazole rings is 1. The number of aromatic nitrogens is 4. The van der Waals surface area contributed by atoms with Gasteiger partial charge in [-0.1, -0.05) is 31.3 Å². The van der Waals surface area contributed by atoms with E-state index in [0.717, 1.165) is 11.1 Å². The van der Waals surface area contributed by atoms with Crippen LogP contribution in [0.15, 0.2) is 24.3 Å². The molecule has 0 N–H and O–H groups in total. The quantitative estimate of drug-likeness (QED) is 0.688. The van der Waals surface area contributed by atoms with E-state index in [-0.39, 0.29) is 24.6 Å². The molecule has 0 bridgehead atoms. The van der Waals surface area contributed by atoms with Gasteiger partial charge in [0.05, 0.1) is 14.0 Å². The molecule has 142 valence electrons. The number of nitrogens with zero attached hydrogens (tertiary/aromatic N) is 4. The van der Waals surface area contributed by atoms with Crippen LogP contribution >= 0.6 is 0 Å². The van der Waals surface area contributed by atoms with Gasteiger partial charge in [-0.25, -0.2) is 4.68 Å². The summed E-state index contributed by atoms with van der Waals surface area (Å²) in [5, 5.41) is 10.7. The molecule has 6 heteroatoms. The van der Waals surface area contributed by atoms with E-state index in [0.29, 0.717) is 29.7 Å². The Bertz CT molecular complexity index is 1250. The zero-order valence-corrected chi connectivity index (χ0v) is 14.5. The highest BCUT2D eigenvalue weighted by atomic mass is 16.5. The minimum atomic E-state index is -3.62. The standard InChI is InChI=1S/C21H26N4O2/c26-19-11-9-17-15-20(12-10-16(17)14-19)27-13-5-4-8-21-22-23-24-25(21)18-6-2-1-3-7-18/h9-12,15,18H,1-8,13-14H2/i1D2,2D2,3D2,6D2,7D2,18D. The van der Waals surface area contributed by atoms with Crippen molar-refractivity contribution < 1.29 is 24.6 Å². The zero-order valence-electron chi connectivity index (χ0n) is 25.5. The predicted octanol–water partition coefficient (Wildman–Crippen LogP) is 3.72. The first-order valence-corrected chi connectivity index (χ1v) is 8.68. The lowest BCUT2D eigenvalue weighted by atomic mass is 9.95. The van der Waals surface area contributed by atoms with Crippen LogP contribution in [0.25, 0.3) is 6.08 Å². The first-order valence-electron chi connectivity index (χ1n) is 14.2. The monoisotopic (exact) mass is 377 g/mol. The van der Waals surface area contributed by atoms with E-state index in [2.05, 4.69) is 15.5 Å². The summed E-state index contributed by atoms with van der Waals surface area (Å²) in [6.07, 6.45) is -13.6. The molecule has 1 heterocycles. The van der Waals surface area contributed by atoms with Gasteiger partial charge in [0, 0.05) is 26.5 Å². The molecule has 1 fully saturated rings. The molecule has 0 aliphatic heterocycles. The molecule has 1 saturated carbocycles. The smallest absolute Gasteiger partial charge is 0.160 e. The molecule has 1 aromatic carbocycles. The summed E-state index contributed by atoms with van der Waals surface area (Å²) in [5.74, 6) is 0.453. The number of rotatable bonds is 7. The minimum absolute atomic E-state index is 0.0110. The van der Waals surface area contributed by atoms with Crippen LogP contribution in [0, 0.1) is 0 Å². The highest BCUT2D eigenvalue weighted by Gasteiger charge is 2.19. The highest BCUT2D eigenvalue weighted by Crippen LogP contribution is 2.28. The lowest BCUT2D eigenvalue weighted by Gasteiger charge is -2.22. The fraction of sp³-hybridized carbons (Fsp3) is 0.524. The van der Waals surface area contributed by atoms with Crippen LogP contribution in [0.5, 0.6) is 5.75 Å². The summed E-state index contributed by atoms with van der Waals surface area (Å²) >= 11 is 0. The van der Waals surface area contributed by atoms with E-state index < -0.39 is 37.9 Å². The molecule has 2 aromatic rings. The minimum Gasteiger partial charge on any atom is -0.494 e. The molecule has 6 nitrogen and oxygen atoms in total. The predicted molar refractivity (Wildman–Crippen MR) is 103 cm³/mol. The number of aryl methyl sites for hydroxylation is 1. The molecular formula is C21H26N4O2. The Hall–Kier alpha value is -2.50. The Morgan fingerprint density at radius 3 is 3.00 bits per heavy atom. The van der Waals surface area contributed by atoms with Crippen LogP contribution in [0.4, 0.5) is 0 Å². The number of fused-ring (bicyclic) bond motifs is 1. The van der Waals surface area contributed by atoms with E-state index in [1.165, 1.54) is 6.08 Å². The molecule has 1 aromatic heterocycles. The maximum atomic E-state index is 11.5. The van der Waals surface area contributed by atoms with Crippen LogP contribution in [-0.4, -0.2) is 32.6 Å². The van der Waals surface area contributed by atoms with Crippen molar-refractivity contribution in [3.8, 4) is 5.75 Å². The van der Waals surface area contributed by atoms with E-state index in [9.17, 15) is 4.79 Å². The Morgan fingerprint density at radius 2 is 2.11 bits per heavy atom. The average Bonchev–Trinajstić information content (AvgIpc) is 3.30. The van der Waals surface area contributed by atoms with Crippen LogP contribution in [0.3, 0.4) is 0 Å². The van der Waals surface area contributed by atoms with Gasteiger partial charge in [0.2, 0.25) is 0 Å². The molecule has 0 unspecified atom stereocenters. The van der Waals surface area contributed by atoms with Crippen LogP contribution in [0.2, 0.25) is 0 Å². The van der Waals surface area contributed by atoms with Gasteiger partial charge in [-0.3, -0.25) is 4.79 Å². The van der Waals surface area contributed by atoms with Gasteiger partial charge in [0.1, 0.15) is 5.75 Å². The Balaban J connectivity index is 1.50. The molecule has 0 spiro atoms. The maximum Gasteiger partial charge on any atom is 0.160 e. The number of allylic oxidation sites excluding steroid dienone is 1. The molecular weight excluding hydrogens is 340 g/mol. The molecule has 2 aliphatic carbocycles. The van der Waals surface area contributed by atoms with Gasteiger partial charge in [0.25, 0.3) is 0 Å². The summed E-state index contributed by atoms with van der Waals surface area (Å²) in [4.78, 5) is 11.5. The number of hydrogen-bond acceptors (Lipinski definition) is 5. The number of ketones is 1. The summed E-state index contributed by atoms with van der Waals surface area (Å²) < 4.78 is 96.7. The molecule has 0 amide bonds. The average molecular weight is 378 g/mol. The number of carbonyl (C=O) groups excluding carboxylic acids is 1. The number of ether oxygens (including phenoxy) is 1. The molecule has 4 rings (SSSR count). The second-order valence-corrected chi connectivity index (χ2v) is 6.12. The molecule has 27 heavy (non-hydrogen) atoms. The lowest BCUT2D eigenvalue weighted by Crippen LogP contribution is -2.17. The van der Waals surface area contributed by atoms with Gasteiger partial charge in [-0.05, 0) is 65.3 Å². The second kappa shape index (κ2) is 8.46. The number of unbranched alkanes of at least 4 members (excludes halogenated alkanes) is 1. The van der Waals surface area contributed by atoms with Crippen molar-refractivity contribution >= 4 is 11.9 Å². The van der Waals surface area contributed by atoms with Crippen LogP contribution in [0.1, 0.15) is 82.8 Å². The fourth-order valence-corrected chi connectivity index (χ4v) is 2.87. The topological polar surface area (TPSA) is 69.9 Å². The Labute approximate surface area is 175 Å². The number of carbonyl (C=O) groups is 1. The van der Waals surface area contributed by atoms with E-state index in [1.54, 1.807) is 12.1 Å². The fourth-order valence-electron chi connectivity index (χ4n) is 2.87. The first kappa shape index (κ1) is 9.13. The van der Waals surface area contributed by atoms with Crippen LogP contribution < -0.4 is 4.74 Å². The third-order valence-electron chi connectivity index (χ3n) is 4.23. The highest BCUT2D eigenvalue weighted by molar-refractivity contribution is 5.98. The Kier molecular flexibility index (Phi) is 2.86. The normalized spacial score (nSPS) is 33.6.